The molecule has 0 spiro atoms. The molecule has 5 nitrogen and oxygen atoms in total. The Morgan fingerprint density at radius 2 is 1.85 bits per heavy atom. The molecule has 26 heavy (non-hydrogen) atoms. The number of fused-ring (bicyclic) bond motifs is 1. The number of hydrogen-bond donors (Lipinski definition) is 0. The molecule has 0 aliphatic carbocycles. The van der Waals surface area contributed by atoms with E-state index in [-0.39, 0.29) is 17.8 Å². The normalized spacial score (nSPS) is 20.7. The van der Waals surface area contributed by atoms with Crippen LogP contribution in [0.4, 0.5) is 0 Å². The van der Waals surface area contributed by atoms with Crippen LogP contribution in [0.1, 0.15) is 22.8 Å². The molecule has 0 saturated carbocycles. The summed E-state index contributed by atoms with van der Waals surface area (Å²) in [6.07, 6.45) is 0.790. The van der Waals surface area contributed by atoms with Crippen LogP contribution in [0.15, 0.2) is 48.5 Å². The van der Waals surface area contributed by atoms with E-state index in [0.717, 1.165) is 29.2 Å². The first kappa shape index (κ1) is 17.7. The Morgan fingerprint density at radius 3 is 2.69 bits per heavy atom. The van der Waals surface area contributed by atoms with E-state index in [2.05, 4.69) is 6.07 Å². The third-order valence-corrected chi connectivity index (χ3v) is 7.83. The molecular weight excluding hydrogens is 370 g/mol. The Bertz CT molecular complexity index is 870. The third-order valence-electron chi connectivity index (χ3n) is 4.65. The number of thioether (sulfide) groups is 1. The summed E-state index contributed by atoms with van der Waals surface area (Å²) in [6, 6.07) is 15.4. The molecular formula is C19H21NO4S2. The average Bonchev–Trinajstić information content (AvgIpc) is 2.96. The molecule has 2 aliphatic heterocycles. The molecule has 4 rings (SSSR count). The lowest BCUT2D eigenvalue weighted by Gasteiger charge is -2.20. The number of rotatable bonds is 4. The van der Waals surface area contributed by atoms with Gasteiger partial charge in [0, 0.05) is 24.1 Å². The summed E-state index contributed by atoms with van der Waals surface area (Å²) >= 11 is 1.81. The van der Waals surface area contributed by atoms with Crippen LogP contribution in [-0.2, 0) is 15.8 Å². The number of ether oxygens (including phenoxy) is 2. The van der Waals surface area contributed by atoms with Crippen LogP contribution >= 0.6 is 11.8 Å². The van der Waals surface area contributed by atoms with E-state index >= 15 is 0 Å². The smallest absolute Gasteiger partial charge is 0.231 e. The van der Waals surface area contributed by atoms with Crippen LogP contribution in [0.25, 0.3) is 0 Å². The number of nitrogens with zero attached hydrogens (tertiary/aromatic N) is 1. The Kier molecular flexibility index (Phi) is 5.11. The zero-order valence-electron chi connectivity index (χ0n) is 14.3. The van der Waals surface area contributed by atoms with E-state index in [1.54, 1.807) is 16.1 Å². The minimum absolute atomic E-state index is 0.0627. The summed E-state index contributed by atoms with van der Waals surface area (Å²) < 4.78 is 38.0. The Hall–Kier alpha value is -1.70. The van der Waals surface area contributed by atoms with Gasteiger partial charge in [0.05, 0.1) is 5.75 Å². The van der Waals surface area contributed by atoms with Gasteiger partial charge in [-0.15, -0.1) is 0 Å². The Balaban J connectivity index is 1.44. The number of hydrogen-bond acceptors (Lipinski definition) is 5. The zero-order valence-corrected chi connectivity index (χ0v) is 16.0. The van der Waals surface area contributed by atoms with Gasteiger partial charge < -0.3 is 9.47 Å². The minimum atomic E-state index is -3.30. The van der Waals surface area contributed by atoms with E-state index in [0.29, 0.717) is 13.1 Å². The quantitative estimate of drug-likeness (QED) is 0.799. The van der Waals surface area contributed by atoms with Crippen molar-refractivity contribution in [2.75, 3.05) is 25.6 Å². The van der Waals surface area contributed by atoms with Crippen molar-refractivity contribution in [3.8, 4) is 11.5 Å². The van der Waals surface area contributed by atoms with Gasteiger partial charge in [0.1, 0.15) is 0 Å². The van der Waals surface area contributed by atoms with Gasteiger partial charge in [0.2, 0.25) is 16.8 Å². The van der Waals surface area contributed by atoms with Gasteiger partial charge in [-0.25, -0.2) is 12.7 Å². The maximum absolute atomic E-state index is 12.8. The van der Waals surface area contributed by atoms with E-state index in [1.807, 2.05) is 42.5 Å². The summed E-state index contributed by atoms with van der Waals surface area (Å²) in [5.41, 5.74) is 2.00. The van der Waals surface area contributed by atoms with Crippen molar-refractivity contribution in [2.24, 2.45) is 0 Å². The summed E-state index contributed by atoms with van der Waals surface area (Å²) in [7, 11) is -3.30. The van der Waals surface area contributed by atoms with E-state index in [9.17, 15) is 8.42 Å². The summed E-state index contributed by atoms with van der Waals surface area (Å²) in [6.45, 7) is 1.37. The van der Waals surface area contributed by atoms with Crippen molar-refractivity contribution < 1.29 is 17.9 Å². The van der Waals surface area contributed by atoms with Gasteiger partial charge in [0.15, 0.2) is 11.5 Å². The van der Waals surface area contributed by atoms with Crippen molar-refractivity contribution in [1.29, 1.82) is 0 Å². The van der Waals surface area contributed by atoms with Gasteiger partial charge in [-0.05, 0) is 29.7 Å². The minimum Gasteiger partial charge on any atom is -0.454 e. The molecule has 138 valence electrons. The fraction of sp³-hybridized carbons (Fsp3) is 0.368. The van der Waals surface area contributed by atoms with Gasteiger partial charge in [-0.1, -0.05) is 36.4 Å². The molecule has 2 aliphatic rings. The highest BCUT2D eigenvalue weighted by atomic mass is 32.2. The first-order valence-electron chi connectivity index (χ1n) is 8.65. The molecule has 1 atom stereocenters. The first-order valence-corrected chi connectivity index (χ1v) is 11.3. The molecule has 0 aromatic heterocycles. The van der Waals surface area contributed by atoms with Crippen molar-refractivity contribution in [1.82, 2.24) is 4.31 Å². The van der Waals surface area contributed by atoms with Crippen LogP contribution in [0, 0.1) is 0 Å². The molecule has 0 N–H and O–H groups in total. The highest BCUT2D eigenvalue weighted by Crippen LogP contribution is 2.40. The maximum atomic E-state index is 12.8. The highest BCUT2D eigenvalue weighted by molar-refractivity contribution is 7.99. The highest BCUT2D eigenvalue weighted by Gasteiger charge is 2.28. The van der Waals surface area contributed by atoms with Crippen molar-refractivity contribution in [3.63, 3.8) is 0 Å². The molecule has 0 amide bonds. The molecule has 0 bridgehead atoms. The van der Waals surface area contributed by atoms with Crippen molar-refractivity contribution in [2.45, 2.75) is 17.4 Å². The molecule has 1 saturated heterocycles. The second-order valence-corrected chi connectivity index (χ2v) is 9.68. The van der Waals surface area contributed by atoms with Crippen LogP contribution in [-0.4, -0.2) is 38.4 Å². The molecule has 1 unspecified atom stereocenters. The maximum Gasteiger partial charge on any atom is 0.231 e. The lowest BCUT2D eigenvalue weighted by Crippen LogP contribution is -2.34. The lowest BCUT2D eigenvalue weighted by atomic mass is 10.1. The van der Waals surface area contributed by atoms with Crippen LogP contribution in [0.3, 0.4) is 0 Å². The second-order valence-electron chi connectivity index (χ2n) is 6.40. The van der Waals surface area contributed by atoms with Gasteiger partial charge >= 0.3 is 0 Å². The fourth-order valence-electron chi connectivity index (χ4n) is 3.28. The Morgan fingerprint density at radius 1 is 1.04 bits per heavy atom. The van der Waals surface area contributed by atoms with Crippen LogP contribution in [0.2, 0.25) is 0 Å². The van der Waals surface area contributed by atoms with E-state index < -0.39 is 10.0 Å². The van der Waals surface area contributed by atoms with Crippen LogP contribution < -0.4 is 9.47 Å². The van der Waals surface area contributed by atoms with Gasteiger partial charge in [0.25, 0.3) is 0 Å². The monoisotopic (exact) mass is 391 g/mol. The molecule has 2 aromatic rings. The predicted molar refractivity (Wildman–Crippen MR) is 103 cm³/mol. The topological polar surface area (TPSA) is 55.8 Å². The second kappa shape index (κ2) is 7.50. The number of benzene rings is 2. The van der Waals surface area contributed by atoms with E-state index in [1.165, 1.54) is 5.56 Å². The summed E-state index contributed by atoms with van der Waals surface area (Å²) in [5, 5.41) is 0.265. The summed E-state index contributed by atoms with van der Waals surface area (Å²) in [4.78, 5) is 0. The molecule has 1 fully saturated rings. The van der Waals surface area contributed by atoms with Crippen LogP contribution in [0.5, 0.6) is 11.5 Å². The molecule has 2 heterocycles. The molecule has 0 radical (unpaired) electrons. The van der Waals surface area contributed by atoms with E-state index in [4.69, 9.17) is 9.47 Å². The standard InChI is InChI=1S/C19H21NO4S2/c21-26(22,13-15-4-2-1-3-5-15)20-9-8-19(25-11-10-20)16-6-7-17-18(12-16)24-14-23-17/h1-7,12,19H,8-11,13-14H2. The predicted octanol–water partition coefficient (Wildman–Crippen LogP) is 3.43. The van der Waals surface area contributed by atoms with Gasteiger partial charge in [-0.2, -0.15) is 11.8 Å². The van der Waals surface area contributed by atoms with Gasteiger partial charge in [-0.3, -0.25) is 0 Å². The number of sulfonamides is 1. The SMILES string of the molecule is O=S(=O)(Cc1ccccc1)N1CCSC(c2ccc3c(c2)OCO3)CC1. The molecule has 2 aromatic carbocycles. The largest absolute Gasteiger partial charge is 0.454 e. The van der Waals surface area contributed by atoms with Crippen molar-refractivity contribution in [3.05, 3.63) is 59.7 Å². The van der Waals surface area contributed by atoms with Crippen molar-refractivity contribution >= 4 is 21.8 Å². The lowest BCUT2D eigenvalue weighted by molar-refractivity contribution is 0.174. The molecule has 7 heteroatoms. The first-order chi connectivity index (χ1) is 12.6. The summed E-state index contributed by atoms with van der Waals surface area (Å²) in [5.74, 6) is 2.40. The Labute approximate surface area is 158 Å². The average molecular weight is 392 g/mol. The fourth-order valence-corrected chi connectivity index (χ4v) is 6.17. The third kappa shape index (κ3) is 3.84. The zero-order chi connectivity index (χ0) is 18.0.